The molecule has 1 aliphatic rings. The van der Waals surface area contributed by atoms with Gasteiger partial charge in [-0.15, -0.1) is 0 Å². The van der Waals surface area contributed by atoms with Crippen LogP contribution in [0.25, 0.3) is 11.0 Å². The summed E-state index contributed by atoms with van der Waals surface area (Å²) >= 11 is 0. The zero-order chi connectivity index (χ0) is 13.2. The van der Waals surface area contributed by atoms with Crippen LogP contribution in [0.15, 0.2) is 28.7 Å². The third kappa shape index (κ3) is 2.68. The lowest BCUT2D eigenvalue weighted by Crippen LogP contribution is -2.22. The summed E-state index contributed by atoms with van der Waals surface area (Å²) in [6.07, 6.45) is 3.41. The molecule has 100 valence electrons. The van der Waals surface area contributed by atoms with Gasteiger partial charge in [-0.3, -0.25) is 4.79 Å². The number of fused-ring (bicyclic) bond motifs is 1. The Hall–Kier alpha value is -1.68. The lowest BCUT2D eigenvalue weighted by molar-refractivity contribution is 0.0123. The maximum Gasteiger partial charge on any atom is 0.200 e. The predicted molar refractivity (Wildman–Crippen MR) is 68.7 cm³/mol. The molecule has 1 unspecified atom stereocenters. The van der Waals surface area contributed by atoms with Crippen molar-refractivity contribution >= 4 is 16.8 Å². The number of carbonyl (C=O) groups is 1. The molecule has 0 bridgehead atoms. The number of hydrogen-bond donors (Lipinski definition) is 0. The SMILES string of the molecule is O=C(CC1CCCCO1)c1cc2cc(F)ccc2o1. The third-order valence-electron chi connectivity index (χ3n) is 3.44. The smallest absolute Gasteiger partial charge is 0.200 e. The zero-order valence-electron chi connectivity index (χ0n) is 10.5. The molecule has 0 amide bonds. The molecule has 1 saturated heterocycles. The molecule has 0 saturated carbocycles. The van der Waals surface area contributed by atoms with Gasteiger partial charge < -0.3 is 9.15 Å². The average Bonchev–Trinajstić information content (AvgIpc) is 2.83. The summed E-state index contributed by atoms with van der Waals surface area (Å²) in [5.74, 6) is -0.124. The van der Waals surface area contributed by atoms with E-state index in [1.807, 2.05) is 0 Å². The summed E-state index contributed by atoms with van der Waals surface area (Å²) in [4.78, 5) is 12.1. The van der Waals surface area contributed by atoms with E-state index in [2.05, 4.69) is 0 Å². The van der Waals surface area contributed by atoms with Gasteiger partial charge in [0.25, 0.3) is 0 Å². The van der Waals surface area contributed by atoms with E-state index in [1.54, 1.807) is 12.1 Å². The molecule has 0 spiro atoms. The first-order chi connectivity index (χ1) is 9.22. The normalized spacial score (nSPS) is 19.7. The van der Waals surface area contributed by atoms with Gasteiger partial charge in [0, 0.05) is 18.4 Å². The molecular formula is C15H15FO3. The lowest BCUT2D eigenvalue weighted by Gasteiger charge is -2.21. The number of halogens is 1. The second kappa shape index (κ2) is 5.13. The van der Waals surface area contributed by atoms with Crippen LogP contribution >= 0.6 is 0 Å². The van der Waals surface area contributed by atoms with Gasteiger partial charge in [0.05, 0.1) is 6.10 Å². The number of furan rings is 1. The minimum Gasteiger partial charge on any atom is -0.453 e. The Labute approximate surface area is 110 Å². The number of rotatable bonds is 3. The monoisotopic (exact) mass is 262 g/mol. The van der Waals surface area contributed by atoms with Crippen LogP contribution in [0, 0.1) is 5.82 Å². The molecule has 19 heavy (non-hydrogen) atoms. The Kier molecular flexibility index (Phi) is 3.34. The molecule has 2 aromatic rings. The zero-order valence-corrected chi connectivity index (χ0v) is 10.5. The topological polar surface area (TPSA) is 39.4 Å². The molecule has 3 rings (SSSR count). The van der Waals surface area contributed by atoms with E-state index in [9.17, 15) is 9.18 Å². The maximum absolute atomic E-state index is 13.1. The number of benzene rings is 1. The first kappa shape index (κ1) is 12.4. The third-order valence-corrected chi connectivity index (χ3v) is 3.44. The standard InChI is InChI=1S/C15H15FO3/c16-11-4-5-14-10(7-11)8-15(19-14)13(17)9-12-3-1-2-6-18-12/h4-5,7-8,12H,1-3,6,9H2. The van der Waals surface area contributed by atoms with Gasteiger partial charge in [-0.1, -0.05) is 0 Å². The fourth-order valence-corrected chi connectivity index (χ4v) is 2.43. The summed E-state index contributed by atoms with van der Waals surface area (Å²) in [7, 11) is 0. The summed E-state index contributed by atoms with van der Waals surface area (Å²) < 4.78 is 24.1. The molecule has 3 nitrogen and oxygen atoms in total. The molecule has 1 aromatic carbocycles. The van der Waals surface area contributed by atoms with Crippen LogP contribution in [0.4, 0.5) is 4.39 Å². The van der Waals surface area contributed by atoms with E-state index in [0.717, 1.165) is 25.9 Å². The number of ether oxygens (including phenoxy) is 1. The maximum atomic E-state index is 13.1. The van der Waals surface area contributed by atoms with Gasteiger partial charge >= 0.3 is 0 Å². The van der Waals surface area contributed by atoms with Gasteiger partial charge in [-0.05, 0) is 43.5 Å². The van der Waals surface area contributed by atoms with Gasteiger partial charge in [-0.25, -0.2) is 4.39 Å². The fraction of sp³-hybridized carbons (Fsp3) is 0.400. The van der Waals surface area contributed by atoms with Crippen molar-refractivity contribution in [3.63, 3.8) is 0 Å². The van der Waals surface area contributed by atoms with E-state index in [0.29, 0.717) is 17.4 Å². The Bertz CT molecular complexity index is 596. The van der Waals surface area contributed by atoms with E-state index < -0.39 is 0 Å². The second-order valence-electron chi connectivity index (χ2n) is 4.91. The first-order valence-corrected chi connectivity index (χ1v) is 6.56. The minimum atomic E-state index is -0.331. The summed E-state index contributed by atoms with van der Waals surface area (Å²) in [6, 6.07) is 5.83. The van der Waals surface area contributed by atoms with E-state index in [1.165, 1.54) is 12.1 Å². The molecule has 1 aromatic heterocycles. The highest BCUT2D eigenvalue weighted by molar-refractivity contribution is 5.97. The van der Waals surface area contributed by atoms with Gasteiger partial charge in [0.15, 0.2) is 5.76 Å². The van der Waals surface area contributed by atoms with Crippen LogP contribution < -0.4 is 0 Å². The Balaban J connectivity index is 1.77. The highest BCUT2D eigenvalue weighted by atomic mass is 19.1. The van der Waals surface area contributed by atoms with E-state index in [-0.39, 0.29) is 23.5 Å². The van der Waals surface area contributed by atoms with E-state index in [4.69, 9.17) is 9.15 Å². The van der Waals surface area contributed by atoms with Crippen LogP contribution in [-0.4, -0.2) is 18.5 Å². The van der Waals surface area contributed by atoms with Crippen molar-refractivity contribution < 1.29 is 18.3 Å². The fourth-order valence-electron chi connectivity index (χ4n) is 2.43. The Morgan fingerprint density at radius 1 is 1.32 bits per heavy atom. The molecule has 4 heteroatoms. The molecule has 1 fully saturated rings. The summed E-state index contributed by atoms with van der Waals surface area (Å²) in [6.45, 7) is 0.725. The second-order valence-corrected chi connectivity index (χ2v) is 4.91. The van der Waals surface area contributed by atoms with Crippen LogP contribution in [0.2, 0.25) is 0 Å². The molecule has 1 atom stereocenters. The Morgan fingerprint density at radius 3 is 3.00 bits per heavy atom. The van der Waals surface area contributed by atoms with Crippen molar-refractivity contribution in [1.82, 2.24) is 0 Å². The van der Waals surface area contributed by atoms with Crippen LogP contribution in [0.5, 0.6) is 0 Å². The lowest BCUT2D eigenvalue weighted by atomic mass is 10.0. The summed E-state index contributed by atoms with van der Waals surface area (Å²) in [5, 5.41) is 0.618. The van der Waals surface area contributed by atoms with Crippen molar-refractivity contribution in [1.29, 1.82) is 0 Å². The van der Waals surface area contributed by atoms with Crippen molar-refractivity contribution in [2.24, 2.45) is 0 Å². The van der Waals surface area contributed by atoms with Gasteiger partial charge in [-0.2, -0.15) is 0 Å². The number of hydrogen-bond acceptors (Lipinski definition) is 3. The van der Waals surface area contributed by atoms with Crippen LogP contribution in [-0.2, 0) is 4.74 Å². The largest absolute Gasteiger partial charge is 0.453 e. The number of Topliss-reactive ketones (excluding diaryl/α,β-unsaturated/α-hetero) is 1. The van der Waals surface area contributed by atoms with Crippen LogP contribution in [0.3, 0.4) is 0 Å². The predicted octanol–water partition coefficient (Wildman–Crippen LogP) is 3.71. The minimum absolute atomic E-state index is 0.00815. The molecule has 0 aliphatic carbocycles. The number of ketones is 1. The van der Waals surface area contributed by atoms with Crippen molar-refractivity contribution in [3.05, 3.63) is 35.8 Å². The molecule has 2 heterocycles. The average molecular weight is 262 g/mol. The summed E-state index contributed by atoms with van der Waals surface area (Å²) in [5.41, 5.74) is 0.536. The van der Waals surface area contributed by atoms with Crippen molar-refractivity contribution in [2.75, 3.05) is 6.61 Å². The highest BCUT2D eigenvalue weighted by Crippen LogP contribution is 2.23. The molecule has 0 N–H and O–H groups in total. The quantitative estimate of drug-likeness (QED) is 0.791. The Morgan fingerprint density at radius 2 is 2.21 bits per heavy atom. The number of carbonyl (C=O) groups excluding carboxylic acids is 1. The van der Waals surface area contributed by atoms with Crippen molar-refractivity contribution in [2.45, 2.75) is 31.8 Å². The van der Waals surface area contributed by atoms with Crippen LogP contribution in [0.1, 0.15) is 36.2 Å². The molecule has 1 aliphatic heterocycles. The van der Waals surface area contributed by atoms with E-state index >= 15 is 0 Å². The first-order valence-electron chi connectivity index (χ1n) is 6.56. The van der Waals surface area contributed by atoms with Gasteiger partial charge in [0.2, 0.25) is 5.78 Å². The highest BCUT2D eigenvalue weighted by Gasteiger charge is 2.21. The molecular weight excluding hydrogens is 247 g/mol. The van der Waals surface area contributed by atoms with Gasteiger partial charge in [0.1, 0.15) is 11.4 Å². The van der Waals surface area contributed by atoms with Crippen molar-refractivity contribution in [3.8, 4) is 0 Å². The molecule has 0 radical (unpaired) electrons.